The van der Waals surface area contributed by atoms with Crippen LogP contribution >= 0.6 is 11.8 Å². The number of aliphatic hydroxyl groups excluding tert-OH is 1. The maximum Gasteiger partial charge on any atom is 0.172 e. The minimum atomic E-state index is -0.558. The van der Waals surface area contributed by atoms with Crippen LogP contribution in [0.4, 0.5) is 0 Å². The van der Waals surface area contributed by atoms with Crippen molar-refractivity contribution in [2.45, 2.75) is 18.2 Å². The Morgan fingerprint density at radius 1 is 1.12 bits per heavy atom. The van der Waals surface area contributed by atoms with Crippen molar-refractivity contribution in [1.29, 1.82) is 0 Å². The van der Waals surface area contributed by atoms with Gasteiger partial charge >= 0.3 is 0 Å². The first-order valence-electron chi connectivity index (χ1n) is 7.82. The first kappa shape index (κ1) is 16.6. The molecule has 0 radical (unpaired) electrons. The third kappa shape index (κ3) is 4.19. The van der Waals surface area contributed by atoms with Gasteiger partial charge in [-0.25, -0.2) is 4.98 Å². The van der Waals surface area contributed by atoms with Crippen molar-refractivity contribution in [2.24, 2.45) is 0 Å². The predicted molar refractivity (Wildman–Crippen MR) is 97.0 cm³/mol. The quantitative estimate of drug-likeness (QED) is 0.666. The standard InChI is InChI=1S/C19H20N2O2S/c1-15-7-5-6-10-18(15)21-12-11-20-19(21)24-14-16(22)13-23-17-8-3-2-4-9-17/h2-12,16,22H,13-14H2,1H3/t16-/m0/s1. The monoisotopic (exact) mass is 340 g/mol. The summed E-state index contributed by atoms with van der Waals surface area (Å²) in [6, 6.07) is 17.7. The third-order valence-corrected chi connectivity index (χ3v) is 4.68. The van der Waals surface area contributed by atoms with Crippen molar-refractivity contribution in [3.8, 4) is 11.4 Å². The molecule has 124 valence electrons. The first-order chi connectivity index (χ1) is 11.7. The summed E-state index contributed by atoms with van der Waals surface area (Å²) >= 11 is 1.52. The van der Waals surface area contributed by atoms with E-state index in [-0.39, 0.29) is 6.61 Å². The summed E-state index contributed by atoms with van der Waals surface area (Å²) in [5, 5.41) is 11.0. The molecule has 24 heavy (non-hydrogen) atoms. The molecule has 0 spiro atoms. The molecule has 1 aromatic heterocycles. The minimum absolute atomic E-state index is 0.266. The molecule has 1 atom stereocenters. The van der Waals surface area contributed by atoms with E-state index in [4.69, 9.17) is 4.74 Å². The molecule has 0 aliphatic heterocycles. The van der Waals surface area contributed by atoms with Gasteiger partial charge in [-0.3, -0.25) is 4.57 Å². The van der Waals surface area contributed by atoms with Gasteiger partial charge in [-0.05, 0) is 30.7 Å². The summed E-state index contributed by atoms with van der Waals surface area (Å²) in [6.45, 7) is 2.34. The topological polar surface area (TPSA) is 47.3 Å². The zero-order chi connectivity index (χ0) is 16.8. The zero-order valence-electron chi connectivity index (χ0n) is 13.5. The molecule has 0 fully saturated rings. The molecule has 2 aromatic carbocycles. The second-order valence-corrected chi connectivity index (χ2v) is 6.44. The first-order valence-corrected chi connectivity index (χ1v) is 8.80. The summed E-state index contributed by atoms with van der Waals surface area (Å²) in [5.74, 6) is 1.29. The lowest BCUT2D eigenvalue weighted by atomic mass is 10.2. The second-order valence-electron chi connectivity index (χ2n) is 5.46. The van der Waals surface area contributed by atoms with E-state index in [0.717, 1.165) is 16.6 Å². The summed E-state index contributed by atoms with van der Waals surface area (Å²) in [7, 11) is 0. The van der Waals surface area contributed by atoms with Gasteiger partial charge in [0.2, 0.25) is 0 Å². The maximum atomic E-state index is 10.1. The largest absolute Gasteiger partial charge is 0.491 e. The van der Waals surface area contributed by atoms with Crippen LogP contribution < -0.4 is 4.74 Å². The van der Waals surface area contributed by atoms with Gasteiger partial charge in [0.25, 0.3) is 0 Å². The lowest BCUT2D eigenvalue weighted by molar-refractivity contribution is 0.126. The molecule has 0 bridgehead atoms. The SMILES string of the molecule is Cc1ccccc1-n1ccnc1SC[C@@H](O)COc1ccccc1. The maximum absolute atomic E-state index is 10.1. The molecule has 1 N–H and O–H groups in total. The van der Waals surface area contributed by atoms with Crippen molar-refractivity contribution in [1.82, 2.24) is 9.55 Å². The fourth-order valence-corrected chi connectivity index (χ4v) is 3.21. The van der Waals surface area contributed by atoms with Gasteiger partial charge in [-0.15, -0.1) is 0 Å². The van der Waals surface area contributed by atoms with Crippen LogP contribution in [0.2, 0.25) is 0 Å². The number of hydrogen-bond donors (Lipinski definition) is 1. The van der Waals surface area contributed by atoms with Crippen molar-refractivity contribution in [3.63, 3.8) is 0 Å². The average Bonchev–Trinajstić information content (AvgIpc) is 3.08. The molecule has 0 aliphatic carbocycles. The van der Waals surface area contributed by atoms with E-state index in [1.165, 1.54) is 17.3 Å². The van der Waals surface area contributed by atoms with Crippen LogP contribution in [0, 0.1) is 6.92 Å². The fourth-order valence-electron chi connectivity index (χ4n) is 2.34. The lowest BCUT2D eigenvalue weighted by Crippen LogP contribution is -2.20. The van der Waals surface area contributed by atoms with Crippen LogP contribution in [0.1, 0.15) is 5.56 Å². The van der Waals surface area contributed by atoms with Crippen LogP contribution in [0.15, 0.2) is 72.1 Å². The Bertz CT molecular complexity index is 774. The smallest absolute Gasteiger partial charge is 0.172 e. The van der Waals surface area contributed by atoms with Crippen LogP contribution in [0.5, 0.6) is 5.75 Å². The lowest BCUT2D eigenvalue weighted by Gasteiger charge is -2.13. The van der Waals surface area contributed by atoms with E-state index in [1.54, 1.807) is 6.20 Å². The number of nitrogens with zero attached hydrogens (tertiary/aromatic N) is 2. The number of aryl methyl sites for hydroxylation is 1. The highest BCUT2D eigenvalue weighted by Crippen LogP contribution is 2.23. The van der Waals surface area contributed by atoms with Gasteiger partial charge < -0.3 is 9.84 Å². The molecule has 5 heteroatoms. The molecule has 3 aromatic rings. The number of imidazole rings is 1. The van der Waals surface area contributed by atoms with Crippen LogP contribution in [0.25, 0.3) is 5.69 Å². The van der Waals surface area contributed by atoms with Gasteiger partial charge in [-0.2, -0.15) is 0 Å². The van der Waals surface area contributed by atoms with Gasteiger partial charge in [0.15, 0.2) is 5.16 Å². The molecule has 0 saturated heterocycles. The van der Waals surface area contributed by atoms with E-state index in [0.29, 0.717) is 5.75 Å². The number of benzene rings is 2. The van der Waals surface area contributed by atoms with Crippen LogP contribution in [0.3, 0.4) is 0 Å². The fraction of sp³-hybridized carbons (Fsp3) is 0.211. The third-order valence-electron chi connectivity index (χ3n) is 3.57. The molecule has 4 nitrogen and oxygen atoms in total. The molecular weight excluding hydrogens is 320 g/mol. The van der Waals surface area contributed by atoms with Crippen molar-refractivity contribution >= 4 is 11.8 Å². The highest BCUT2D eigenvalue weighted by atomic mass is 32.2. The number of thioether (sulfide) groups is 1. The molecule has 0 saturated carbocycles. The number of aliphatic hydroxyl groups is 1. The van der Waals surface area contributed by atoms with Crippen molar-refractivity contribution in [3.05, 3.63) is 72.6 Å². The summed E-state index contributed by atoms with van der Waals surface area (Å²) < 4.78 is 7.63. The Labute approximate surface area is 146 Å². The van der Waals surface area contributed by atoms with Gasteiger partial charge in [0, 0.05) is 18.1 Å². The average molecular weight is 340 g/mol. The van der Waals surface area contributed by atoms with E-state index >= 15 is 0 Å². The predicted octanol–water partition coefficient (Wildman–Crippen LogP) is 3.71. The molecule has 0 unspecified atom stereocenters. The molecule has 0 amide bonds. The molecule has 0 aliphatic rings. The Morgan fingerprint density at radius 3 is 2.67 bits per heavy atom. The Hall–Kier alpha value is -2.24. The van der Waals surface area contributed by atoms with Gasteiger partial charge in [0.1, 0.15) is 12.4 Å². The number of ether oxygens (including phenoxy) is 1. The number of para-hydroxylation sites is 2. The number of hydrogen-bond acceptors (Lipinski definition) is 4. The number of aromatic nitrogens is 2. The Kier molecular flexibility index (Phi) is 5.56. The van der Waals surface area contributed by atoms with Gasteiger partial charge in [-0.1, -0.05) is 48.2 Å². The molecule has 3 rings (SSSR count). The summed E-state index contributed by atoms with van der Waals surface area (Å²) in [5.41, 5.74) is 2.29. The Morgan fingerprint density at radius 2 is 1.88 bits per heavy atom. The highest BCUT2D eigenvalue weighted by Gasteiger charge is 2.11. The molecule has 1 heterocycles. The summed E-state index contributed by atoms with van der Waals surface area (Å²) in [6.07, 6.45) is 3.16. The molecular formula is C19H20N2O2S. The summed E-state index contributed by atoms with van der Waals surface area (Å²) in [4.78, 5) is 4.40. The zero-order valence-corrected chi connectivity index (χ0v) is 14.3. The van der Waals surface area contributed by atoms with Crippen LogP contribution in [-0.4, -0.2) is 33.1 Å². The van der Waals surface area contributed by atoms with E-state index in [1.807, 2.05) is 53.2 Å². The normalized spacial score (nSPS) is 12.1. The van der Waals surface area contributed by atoms with Crippen LogP contribution in [-0.2, 0) is 0 Å². The minimum Gasteiger partial charge on any atom is -0.491 e. The van der Waals surface area contributed by atoms with Gasteiger partial charge in [0.05, 0.1) is 11.8 Å². The highest BCUT2D eigenvalue weighted by molar-refractivity contribution is 7.99. The second kappa shape index (κ2) is 8.04. The Balaban J connectivity index is 1.58. The van der Waals surface area contributed by atoms with E-state index < -0.39 is 6.10 Å². The van der Waals surface area contributed by atoms with E-state index in [2.05, 4.69) is 24.0 Å². The van der Waals surface area contributed by atoms with Crippen molar-refractivity contribution < 1.29 is 9.84 Å². The van der Waals surface area contributed by atoms with E-state index in [9.17, 15) is 5.11 Å². The number of rotatable bonds is 7. The van der Waals surface area contributed by atoms with Crippen molar-refractivity contribution in [2.75, 3.05) is 12.4 Å².